The van der Waals surface area contributed by atoms with Crippen molar-refractivity contribution in [2.75, 3.05) is 11.4 Å². The van der Waals surface area contributed by atoms with E-state index in [1.54, 1.807) is 12.3 Å². The molecule has 0 radical (unpaired) electrons. The van der Waals surface area contributed by atoms with E-state index in [1.165, 1.54) is 11.1 Å². The molecule has 144 valence electrons. The van der Waals surface area contributed by atoms with Gasteiger partial charge in [-0.2, -0.15) is 0 Å². The first-order chi connectivity index (χ1) is 13.6. The van der Waals surface area contributed by atoms with Crippen LogP contribution in [0.4, 0.5) is 5.82 Å². The second-order valence-corrected chi connectivity index (χ2v) is 7.10. The summed E-state index contributed by atoms with van der Waals surface area (Å²) >= 11 is 0. The van der Waals surface area contributed by atoms with Crippen LogP contribution < -0.4 is 10.2 Å². The highest BCUT2D eigenvalue weighted by Gasteiger charge is 2.15. The predicted molar refractivity (Wildman–Crippen MR) is 114 cm³/mol. The molecule has 0 fully saturated rings. The van der Waals surface area contributed by atoms with E-state index in [1.807, 2.05) is 42.5 Å². The van der Waals surface area contributed by atoms with Gasteiger partial charge in [0.25, 0.3) is 5.91 Å². The Balaban J connectivity index is 1.66. The van der Waals surface area contributed by atoms with Crippen molar-refractivity contribution in [2.24, 2.45) is 0 Å². The molecule has 0 saturated heterocycles. The molecule has 28 heavy (non-hydrogen) atoms. The molecule has 1 aromatic heterocycles. The summed E-state index contributed by atoms with van der Waals surface area (Å²) in [5.74, 6) is 0.748. The summed E-state index contributed by atoms with van der Waals surface area (Å²) in [6.45, 7) is 5.64. The topological polar surface area (TPSA) is 45.2 Å². The number of amides is 1. The number of hydrogen-bond donors (Lipinski definition) is 1. The maximum absolute atomic E-state index is 12.6. The zero-order chi connectivity index (χ0) is 19.8. The van der Waals surface area contributed by atoms with Crippen LogP contribution in [0.25, 0.3) is 0 Å². The van der Waals surface area contributed by atoms with Crippen LogP contribution in [0.2, 0.25) is 0 Å². The standard InChI is InChI=1S/C24H27N3O/c1-19(2)27(18-21-11-7-4-8-12-21)23-17-22(14-16-25-23)24(28)26-15-13-20-9-5-3-6-10-20/h3-12,14,16-17,19H,13,15,18H2,1-2H3,(H,26,28). The van der Waals surface area contributed by atoms with E-state index < -0.39 is 0 Å². The predicted octanol–water partition coefficient (Wildman–Crippen LogP) is 4.47. The van der Waals surface area contributed by atoms with Crippen LogP contribution in [-0.2, 0) is 13.0 Å². The molecular weight excluding hydrogens is 346 g/mol. The van der Waals surface area contributed by atoms with Gasteiger partial charge in [-0.05, 0) is 43.5 Å². The first-order valence-corrected chi connectivity index (χ1v) is 9.72. The van der Waals surface area contributed by atoms with E-state index in [2.05, 4.69) is 53.3 Å². The second-order valence-electron chi connectivity index (χ2n) is 7.10. The zero-order valence-corrected chi connectivity index (χ0v) is 16.5. The van der Waals surface area contributed by atoms with Crippen molar-refractivity contribution in [1.82, 2.24) is 10.3 Å². The minimum Gasteiger partial charge on any atom is -0.352 e. The highest BCUT2D eigenvalue weighted by molar-refractivity contribution is 5.94. The minimum atomic E-state index is -0.0667. The third-order valence-electron chi connectivity index (χ3n) is 4.66. The van der Waals surface area contributed by atoms with Crippen molar-refractivity contribution >= 4 is 11.7 Å². The fourth-order valence-electron chi connectivity index (χ4n) is 3.09. The largest absolute Gasteiger partial charge is 0.352 e. The van der Waals surface area contributed by atoms with Gasteiger partial charge in [-0.15, -0.1) is 0 Å². The molecule has 0 bridgehead atoms. The molecule has 0 unspecified atom stereocenters. The zero-order valence-electron chi connectivity index (χ0n) is 16.5. The fourth-order valence-corrected chi connectivity index (χ4v) is 3.09. The summed E-state index contributed by atoms with van der Waals surface area (Å²) in [6, 6.07) is 24.4. The van der Waals surface area contributed by atoms with Crippen molar-refractivity contribution in [1.29, 1.82) is 0 Å². The Labute approximate surface area is 167 Å². The smallest absolute Gasteiger partial charge is 0.251 e. The highest BCUT2D eigenvalue weighted by Crippen LogP contribution is 2.19. The average Bonchev–Trinajstić information content (AvgIpc) is 2.73. The summed E-state index contributed by atoms with van der Waals surface area (Å²) in [6.07, 6.45) is 2.53. The molecule has 4 heteroatoms. The Morgan fingerprint density at radius 2 is 1.61 bits per heavy atom. The molecule has 4 nitrogen and oxygen atoms in total. The van der Waals surface area contributed by atoms with E-state index in [9.17, 15) is 4.79 Å². The summed E-state index contributed by atoms with van der Waals surface area (Å²) in [4.78, 5) is 19.3. The van der Waals surface area contributed by atoms with Crippen LogP contribution in [0.15, 0.2) is 79.0 Å². The van der Waals surface area contributed by atoms with E-state index in [4.69, 9.17) is 0 Å². The molecule has 0 aliphatic rings. The maximum Gasteiger partial charge on any atom is 0.251 e. The van der Waals surface area contributed by atoms with Gasteiger partial charge in [0.15, 0.2) is 0 Å². The van der Waals surface area contributed by atoms with E-state index in [-0.39, 0.29) is 11.9 Å². The Hall–Kier alpha value is -3.14. The van der Waals surface area contributed by atoms with Crippen molar-refractivity contribution in [3.8, 4) is 0 Å². The Morgan fingerprint density at radius 1 is 0.964 bits per heavy atom. The van der Waals surface area contributed by atoms with Gasteiger partial charge in [-0.3, -0.25) is 4.79 Å². The van der Waals surface area contributed by atoms with Gasteiger partial charge in [0.05, 0.1) is 0 Å². The number of anilines is 1. The van der Waals surface area contributed by atoms with Gasteiger partial charge in [0.2, 0.25) is 0 Å². The molecule has 0 aliphatic heterocycles. The lowest BCUT2D eigenvalue weighted by Crippen LogP contribution is -2.31. The molecule has 3 aromatic rings. The molecule has 0 saturated carbocycles. The summed E-state index contributed by atoms with van der Waals surface area (Å²) in [5.41, 5.74) is 3.07. The number of carbonyl (C=O) groups is 1. The van der Waals surface area contributed by atoms with Gasteiger partial charge >= 0.3 is 0 Å². The molecular formula is C24H27N3O. The molecule has 0 atom stereocenters. The number of pyridine rings is 1. The fraction of sp³-hybridized carbons (Fsp3) is 0.250. The van der Waals surface area contributed by atoms with Gasteiger partial charge < -0.3 is 10.2 Å². The summed E-state index contributed by atoms with van der Waals surface area (Å²) in [7, 11) is 0. The van der Waals surface area contributed by atoms with Gasteiger partial charge in [-0.1, -0.05) is 60.7 Å². The number of carbonyl (C=O) groups excluding carboxylic acids is 1. The van der Waals surface area contributed by atoms with Crippen LogP contribution >= 0.6 is 0 Å². The Morgan fingerprint density at radius 3 is 2.25 bits per heavy atom. The molecule has 0 aliphatic carbocycles. The summed E-state index contributed by atoms with van der Waals surface area (Å²) in [5, 5.41) is 3.01. The second kappa shape index (κ2) is 9.70. The monoisotopic (exact) mass is 373 g/mol. The summed E-state index contributed by atoms with van der Waals surface area (Å²) < 4.78 is 0. The molecule has 1 N–H and O–H groups in total. The van der Waals surface area contributed by atoms with E-state index in [0.717, 1.165) is 18.8 Å². The third kappa shape index (κ3) is 5.43. The lowest BCUT2D eigenvalue weighted by Gasteiger charge is -2.28. The molecule has 0 spiro atoms. The van der Waals surface area contributed by atoms with Gasteiger partial charge in [-0.25, -0.2) is 4.98 Å². The van der Waals surface area contributed by atoms with Gasteiger partial charge in [0.1, 0.15) is 5.82 Å². The van der Waals surface area contributed by atoms with Crippen LogP contribution in [-0.4, -0.2) is 23.5 Å². The molecule has 1 heterocycles. The maximum atomic E-state index is 12.6. The van der Waals surface area contributed by atoms with E-state index in [0.29, 0.717) is 12.1 Å². The van der Waals surface area contributed by atoms with Crippen molar-refractivity contribution in [2.45, 2.75) is 32.9 Å². The number of hydrogen-bond acceptors (Lipinski definition) is 3. The van der Waals surface area contributed by atoms with Crippen LogP contribution in [0, 0.1) is 0 Å². The first-order valence-electron chi connectivity index (χ1n) is 9.72. The molecule has 3 rings (SSSR count). The number of nitrogens with one attached hydrogen (secondary N) is 1. The van der Waals surface area contributed by atoms with Gasteiger partial charge in [0, 0.05) is 30.9 Å². The number of benzene rings is 2. The Kier molecular flexibility index (Phi) is 6.79. The van der Waals surface area contributed by atoms with Crippen LogP contribution in [0.1, 0.15) is 35.3 Å². The molecule has 1 amide bonds. The number of nitrogens with zero attached hydrogens (tertiary/aromatic N) is 2. The number of aromatic nitrogens is 1. The van der Waals surface area contributed by atoms with Crippen LogP contribution in [0.5, 0.6) is 0 Å². The third-order valence-corrected chi connectivity index (χ3v) is 4.66. The molecule has 2 aromatic carbocycles. The SMILES string of the molecule is CC(C)N(Cc1ccccc1)c1cc(C(=O)NCCc2ccccc2)ccn1. The number of rotatable bonds is 8. The van der Waals surface area contributed by atoms with Crippen LogP contribution in [0.3, 0.4) is 0 Å². The van der Waals surface area contributed by atoms with E-state index >= 15 is 0 Å². The van der Waals surface area contributed by atoms with Crippen molar-refractivity contribution in [3.05, 3.63) is 95.7 Å². The lowest BCUT2D eigenvalue weighted by molar-refractivity contribution is 0.0954. The lowest BCUT2D eigenvalue weighted by atomic mass is 10.1. The minimum absolute atomic E-state index is 0.0667. The highest BCUT2D eigenvalue weighted by atomic mass is 16.1. The van der Waals surface area contributed by atoms with Crippen molar-refractivity contribution in [3.63, 3.8) is 0 Å². The average molecular weight is 374 g/mol. The first kappa shape index (κ1) is 19.6. The quantitative estimate of drug-likeness (QED) is 0.634. The van der Waals surface area contributed by atoms with Crippen molar-refractivity contribution < 1.29 is 4.79 Å². The Bertz CT molecular complexity index is 879. The normalized spacial score (nSPS) is 10.7.